The van der Waals surface area contributed by atoms with Gasteiger partial charge in [0.05, 0.1) is 12.8 Å². The lowest BCUT2D eigenvalue weighted by molar-refractivity contribution is -0.142. The fourth-order valence-electron chi connectivity index (χ4n) is 2.26. The summed E-state index contributed by atoms with van der Waals surface area (Å²) in [6, 6.07) is 4.49. The van der Waals surface area contributed by atoms with Gasteiger partial charge < -0.3 is 4.74 Å². The molecular weight excluding hydrogens is 314 g/mol. The first-order chi connectivity index (χ1) is 9.80. The molecule has 0 aliphatic heterocycles. The number of alkyl halides is 1. The van der Waals surface area contributed by atoms with Gasteiger partial charge in [-0.15, -0.1) is 11.6 Å². The van der Waals surface area contributed by atoms with Gasteiger partial charge in [-0.1, -0.05) is 25.1 Å². The molecule has 0 saturated carbocycles. The number of hydrogen-bond acceptors (Lipinski definition) is 4. The van der Waals surface area contributed by atoms with E-state index in [2.05, 4.69) is 0 Å². The van der Waals surface area contributed by atoms with Crippen LogP contribution >= 0.6 is 11.6 Å². The van der Waals surface area contributed by atoms with Gasteiger partial charge in [-0.25, -0.2) is 13.2 Å². The smallest absolute Gasteiger partial charge is 0.329 e. The highest BCUT2D eigenvalue weighted by atomic mass is 35.5. The number of para-hydroxylation sites is 1. The molecule has 0 saturated heterocycles. The van der Waals surface area contributed by atoms with E-state index in [1.165, 1.54) is 7.11 Å². The fraction of sp³-hybridized carbons (Fsp3) is 0.500. The van der Waals surface area contributed by atoms with Gasteiger partial charge in [0.25, 0.3) is 0 Å². The number of aryl methyl sites for hydroxylation is 2. The first kappa shape index (κ1) is 17.8. The molecule has 1 aromatic rings. The normalized spacial score (nSPS) is 12.8. The maximum atomic E-state index is 12.4. The molecule has 21 heavy (non-hydrogen) atoms. The molecule has 0 heterocycles. The summed E-state index contributed by atoms with van der Waals surface area (Å²) in [5.41, 5.74) is 1.99. The summed E-state index contributed by atoms with van der Waals surface area (Å²) in [4.78, 5) is 12.0. The maximum absolute atomic E-state index is 12.4. The maximum Gasteiger partial charge on any atom is 0.329 e. The van der Waals surface area contributed by atoms with E-state index in [4.69, 9.17) is 16.3 Å². The average molecular weight is 334 g/mol. The van der Waals surface area contributed by atoms with Crippen molar-refractivity contribution in [1.29, 1.82) is 0 Å². The van der Waals surface area contributed by atoms with Crippen molar-refractivity contribution in [2.45, 2.75) is 33.2 Å². The fourth-order valence-corrected chi connectivity index (χ4v) is 3.87. The third-order valence-electron chi connectivity index (χ3n) is 3.24. The van der Waals surface area contributed by atoms with Crippen LogP contribution in [0.5, 0.6) is 0 Å². The number of anilines is 1. The average Bonchev–Trinajstić information content (AvgIpc) is 2.45. The Morgan fingerprint density at radius 2 is 1.86 bits per heavy atom. The number of carbonyl (C=O) groups is 1. The summed E-state index contributed by atoms with van der Waals surface area (Å²) >= 11 is 5.61. The Bertz CT molecular complexity index is 595. The predicted molar refractivity (Wildman–Crippen MR) is 84.1 cm³/mol. The molecule has 1 aromatic carbocycles. The Labute approximate surface area is 130 Å². The van der Waals surface area contributed by atoms with E-state index in [-0.39, 0.29) is 6.42 Å². The van der Waals surface area contributed by atoms with Crippen LogP contribution in [-0.4, -0.2) is 32.8 Å². The van der Waals surface area contributed by atoms with Gasteiger partial charge in [0, 0.05) is 0 Å². The van der Waals surface area contributed by atoms with Crippen LogP contribution in [0, 0.1) is 13.8 Å². The molecule has 0 aromatic heterocycles. The minimum Gasteiger partial charge on any atom is -0.467 e. The van der Waals surface area contributed by atoms with Gasteiger partial charge >= 0.3 is 5.97 Å². The van der Waals surface area contributed by atoms with Crippen molar-refractivity contribution in [3.63, 3.8) is 0 Å². The van der Waals surface area contributed by atoms with Crippen LogP contribution in [-0.2, 0) is 19.6 Å². The second-order valence-corrected chi connectivity index (χ2v) is 7.13. The molecule has 1 unspecified atom stereocenters. The standard InChI is InChI=1S/C14H20ClNO4S/c1-5-12(14(17)20-4)16(21(18,19)9-15)13-10(2)7-6-8-11(13)3/h6-8,12H,5,9H2,1-4H3. The monoisotopic (exact) mass is 333 g/mol. The van der Waals surface area contributed by atoms with Gasteiger partial charge in [-0.2, -0.15) is 0 Å². The van der Waals surface area contributed by atoms with Gasteiger partial charge in [0.15, 0.2) is 0 Å². The molecule has 0 radical (unpaired) electrons. The second kappa shape index (κ2) is 7.13. The molecule has 5 nitrogen and oxygen atoms in total. The van der Waals surface area contributed by atoms with Crippen molar-refractivity contribution in [2.75, 3.05) is 16.6 Å². The zero-order chi connectivity index (χ0) is 16.2. The molecule has 1 atom stereocenters. The van der Waals surface area contributed by atoms with Crippen LogP contribution in [0.25, 0.3) is 0 Å². The van der Waals surface area contributed by atoms with Gasteiger partial charge in [-0.05, 0) is 31.4 Å². The quantitative estimate of drug-likeness (QED) is 0.593. The number of nitrogens with zero attached hydrogens (tertiary/aromatic N) is 1. The van der Waals surface area contributed by atoms with E-state index in [1.54, 1.807) is 32.9 Å². The van der Waals surface area contributed by atoms with E-state index in [1.807, 2.05) is 6.07 Å². The van der Waals surface area contributed by atoms with Crippen molar-refractivity contribution in [2.24, 2.45) is 0 Å². The summed E-state index contributed by atoms with van der Waals surface area (Å²) in [5, 5.41) is -0.603. The van der Waals surface area contributed by atoms with Crippen LogP contribution in [0.1, 0.15) is 24.5 Å². The second-order valence-electron chi connectivity index (χ2n) is 4.70. The van der Waals surface area contributed by atoms with E-state index in [9.17, 15) is 13.2 Å². The topological polar surface area (TPSA) is 63.7 Å². The summed E-state index contributed by atoms with van der Waals surface area (Å²) < 4.78 is 30.7. The Balaban J connectivity index is 3.57. The lowest BCUT2D eigenvalue weighted by Gasteiger charge is -2.32. The predicted octanol–water partition coefficient (Wildman–Crippen LogP) is 2.59. The zero-order valence-corrected chi connectivity index (χ0v) is 14.2. The Hall–Kier alpha value is -1.27. The van der Waals surface area contributed by atoms with E-state index >= 15 is 0 Å². The highest BCUT2D eigenvalue weighted by Crippen LogP contribution is 2.31. The highest BCUT2D eigenvalue weighted by Gasteiger charge is 2.35. The molecule has 0 fully saturated rings. The van der Waals surface area contributed by atoms with Crippen molar-refractivity contribution in [3.05, 3.63) is 29.3 Å². The van der Waals surface area contributed by atoms with Crippen LogP contribution < -0.4 is 4.31 Å². The number of sulfonamides is 1. The molecule has 7 heteroatoms. The van der Waals surface area contributed by atoms with Crippen molar-refractivity contribution >= 4 is 33.3 Å². The number of esters is 1. The van der Waals surface area contributed by atoms with Crippen LogP contribution in [0.15, 0.2) is 18.2 Å². The lowest BCUT2D eigenvalue weighted by atomic mass is 10.1. The first-order valence-corrected chi connectivity index (χ1v) is 8.66. The number of ether oxygens (including phenoxy) is 1. The van der Waals surface area contributed by atoms with Crippen LogP contribution in [0.3, 0.4) is 0 Å². The zero-order valence-electron chi connectivity index (χ0n) is 12.6. The lowest BCUT2D eigenvalue weighted by Crippen LogP contribution is -2.46. The third-order valence-corrected chi connectivity index (χ3v) is 5.38. The Morgan fingerprint density at radius 3 is 2.24 bits per heavy atom. The SMILES string of the molecule is CCC(C(=O)OC)N(c1c(C)cccc1C)S(=O)(=O)CCl. The minimum absolute atomic E-state index is 0.288. The molecule has 0 aliphatic rings. The minimum atomic E-state index is -3.83. The molecule has 1 rings (SSSR count). The van der Waals surface area contributed by atoms with Gasteiger partial charge in [0.2, 0.25) is 10.0 Å². The summed E-state index contributed by atoms with van der Waals surface area (Å²) in [6.45, 7) is 5.32. The van der Waals surface area contributed by atoms with E-state index in [0.717, 1.165) is 15.4 Å². The molecule has 118 valence electrons. The summed E-state index contributed by atoms with van der Waals surface area (Å²) in [6.07, 6.45) is 0.288. The molecular formula is C14H20ClNO4S. The molecule has 0 aliphatic carbocycles. The van der Waals surface area contributed by atoms with Gasteiger partial charge in [0.1, 0.15) is 11.3 Å². The number of hydrogen-bond donors (Lipinski definition) is 0. The van der Waals surface area contributed by atoms with Crippen molar-refractivity contribution < 1.29 is 17.9 Å². The van der Waals surface area contributed by atoms with Crippen molar-refractivity contribution in [1.82, 2.24) is 0 Å². The highest BCUT2D eigenvalue weighted by molar-refractivity contribution is 7.94. The Kier molecular flexibility index (Phi) is 6.04. The molecule has 0 bridgehead atoms. The van der Waals surface area contributed by atoms with Crippen molar-refractivity contribution in [3.8, 4) is 0 Å². The van der Waals surface area contributed by atoms with Gasteiger partial charge in [-0.3, -0.25) is 4.31 Å². The third kappa shape index (κ3) is 3.68. The van der Waals surface area contributed by atoms with E-state index in [0.29, 0.717) is 5.69 Å². The first-order valence-electron chi connectivity index (χ1n) is 6.52. The molecule has 0 spiro atoms. The summed E-state index contributed by atoms with van der Waals surface area (Å²) in [5.74, 6) is -0.603. The molecule has 0 N–H and O–H groups in total. The number of rotatable bonds is 6. The summed E-state index contributed by atoms with van der Waals surface area (Å²) in [7, 11) is -2.59. The van der Waals surface area contributed by atoms with E-state index < -0.39 is 27.2 Å². The number of halogens is 1. The number of carbonyl (C=O) groups excluding carboxylic acids is 1. The largest absolute Gasteiger partial charge is 0.467 e. The van der Waals surface area contributed by atoms with Crippen LogP contribution in [0.2, 0.25) is 0 Å². The van der Waals surface area contributed by atoms with Crippen LogP contribution in [0.4, 0.5) is 5.69 Å². The molecule has 0 amide bonds. The number of benzene rings is 1. The Morgan fingerprint density at radius 1 is 1.33 bits per heavy atom. The number of methoxy groups -OCH3 is 1.